The Morgan fingerprint density at radius 1 is 1.24 bits per heavy atom. The molecule has 3 aromatic rings. The molecule has 2 heterocycles. The summed E-state index contributed by atoms with van der Waals surface area (Å²) in [6, 6.07) is 12.1. The molecule has 3 rings (SSSR count). The molecule has 0 spiro atoms. The van der Waals surface area contributed by atoms with Crippen LogP contribution in [0.2, 0.25) is 0 Å². The summed E-state index contributed by atoms with van der Waals surface area (Å²) in [7, 11) is 0. The van der Waals surface area contributed by atoms with Crippen molar-refractivity contribution in [2.45, 2.75) is 32.5 Å². The van der Waals surface area contributed by atoms with E-state index < -0.39 is 0 Å². The smallest absolute Gasteiger partial charge is 0.315 e. The summed E-state index contributed by atoms with van der Waals surface area (Å²) in [6.07, 6.45) is 4.08. The number of carbonyl (C=O) groups excluding carboxylic acids is 1. The number of nitrogens with zero attached hydrogens (tertiary/aromatic N) is 3. The lowest BCUT2D eigenvalue weighted by molar-refractivity contribution is 0.236. The monoisotopic (exact) mass is 355 g/mol. The van der Waals surface area contributed by atoms with Gasteiger partial charge < -0.3 is 10.6 Å². The maximum atomic E-state index is 12.1. The SMILES string of the molecule is CC[C@H](NC(=O)NCc1ccc(Cn2cncn2)cc1)c1cccs1. The number of nitrogens with one attached hydrogen (secondary N) is 2. The zero-order chi connectivity index (χ0) is 17.5. The van der Waals surface area contributed by atoms with E-state index in [2.05, 4.69) is 27.6 Å². The lowest BCUT2D eigenvalue weighted by Crippen LogP contribution is -2.37. The number of thiophene rings is 1. The summed E-state index contributed by atoms with van der Waals surface area (Å²) in [6.45, 7) is 3.25. The molecule has 2 N–H and O–H groups in total. The molecule has 6 nitrogen and oxygen atoms in total. The van der Waals surface area contributed by atoms with Crippen LogP contribution in [0.1, 0.15) is 35.4 Å². The Kier molecular flexibility index (Phi) is 5.79. The normalized spacial score (nSPS) is 11.9. The van der Waals surface area contributed by atoms with Crippen molar-refractivity contribution < 1.29 is 4.79 Å². The van der Waals surface area contributed by atoms with Crippen LogP contribution in [0, 0.1) is 0 Å². The van der Waals surface area contributed by atoms with Gasteiger partial charge in [0, 0.05) is 11.4 Å². The topological polar surface area (TPSA) is 71.8 Å². The van der Waals surface area contributed by atoms with Gasteiger partial charge in [0.15, 0.2) is 0 Å². The fraction of sp³-hybridized carbons (Fsp3) is 0.278. The fourth-order valence-corrected chi connectivity index (χ4v) is 3.38. The number of rotatable bonds is 7. The van der Waals surface area contributed by atoms with E-state index in [0.29, 0.717) is 13.1 Å². The maximum Gasteiger partial charge on any atom is 0.315 e. The summed E-state index contributed by atoms with van der Waals surface area (Å²) in [5, 5.41) is 12.1. The zero-order valence-corrected chi connectivity index (χ0v) is 14.9. The number of urea groups is 1. The Morgan fingerprint density at radius 2 is 2.04 bits per heavy atom. The van der Waals surface area contributed by atoms with Crippen molar-refractivity contribution >= 4 is 17.4 Å². The standard InChI is InChI=1S/C18H21N5OS/c1-2-16(17-4-3-9-25-17)22-18(24)20-10-14-5-7-15(8-6-14)11-23-13-19-12-21-23/h3-9,12-13,16H,2,10-11H2,1H3,(H2,20,22,24)/t16-/m0/s1. The largest absolute Gasteiger partial charge is 0.334 e. The van der Waals surface area contributed by atoms with Crippen LogP contribution in [-0.4, -0.2) is 20.8 Å². The second kappa shape index (κ2) is 8.43. The summed E-state index contributed by atoms with van der Waals surface area (Å²) >= 11 is 1.66. The van der Waals surface area contributed by atoms with Crippen molar-refractivity contribution in [3.8, 4) is 0 Å². The minimum atomic E-state index is -0.146. The van der Waals surface area contributed by atoms with Crippen LogP contribution in [0.15, 0.2) is 54.4 Å². The first-order valence-corrected chi connectivity index (χ1v) is 9.10. The van der Waals surface area contributed by atoms with Crippen LogP contribution in [0.5, 0.6) is 0 Å². The van der Waals surface area contributed by atoms with E-state index in [1.165, 1.54) is 11.2 Å². The molecule has 0 fully saturated rings. The highest BCUT2D eigenvalue weighted by Crippen LogP contribution is 2.21. The molecule has 0 saturated heterocycles. The van der Waals surface area contributed by atoms with Gasteiger partial charge in [0.1, 0.15) is 12.7 Å². The molecule has 0 aliphatic heterocycles. The maximum absolute atomic E-state index is 12.1. The van der Waals surface area contributed by atoms with Gasteiger partial charge in [-0.05, 0) is 29.0 Å². The first-order chi connectivity index (χ1) is 12.2. The molecule has 130 valence electrons. The molecule has 0 unspecified atom stereocenters. The van der Waals surface area contributed by atoms with Crippen LogP contribution in [0.4, 0.5) is 4.79 Å². The number of benzene rings is 1. The highest BCUT2D eigenvalue weighted by molar-refractivity contribution is 7.10. The van der Waals surface area contributed by atoms with Crippen molar-refractivity contribution in [3.05, 3.63) is 70.4 Å². The molecule has 1 aromatic carbocycles. The first-order valence-electron chi connectivity index (χ1n) is 8.22. The number of amides is 2. The molecule has 0 saturated carbocycles. The van der Waals surface area contributed by atoms with Gasteiger partial charge in [-0.2, -0.15) is 5.10 Å². The molecule has 7 heteroatoms. The Balaban J connectivity index is 1.48. The third kappa shape index (κ3) is 4.90. The molecule has 0 radical (unpaired) electrons. The predicted octanol–water partition coefficient (Wildman–Crippen LogP) is 3.34. The lowest BCUT2D eigenvalue weighted by atomic mass is 10.1. The van der Waals surface area contributed by atoms with Crippen LogP contribution in [0.25, 0.3) is 0 Å². The second-order valence-electron chi connectivity index (χ2n) is 5.71. The Bertz CT molecular complexity index is 768. The Labute approximate surface area is 150 Å². The van der Waals surface area contributed by atoms with Crippen molar-refractivity contribution in [2.75, 3.05) is 0 Å². The number of carbonyl (C=O) groups is 1. The second-order valence-corrected chi connectivity index (χ2v) is 6.69. The van der Waals surface area contributed by atoms with Gasteiger partial charge >= 0.3 is 6.03 Å². The Hall–Kier alpha value is -2.67. The van der Waals surface area contributed by atoms with E-state index >= 15 is 0 Å². The third-order valence-corrected chi connectivity index (χ3v) is 4.87. The van der Waals surface area contributed by atoms with Crippen LogP contribution in [-0.2, 0) is 13.1 Å². The van der Waals surface area contributed by atoms with Gasteiger partial charge in [0.25, 0.3) is 0 Å². The molecule has 25 heavy (non-hydrogen) atoms. The summed E-state index contributed by atoms with van der Waals surface area (Å²) < 4.78 is 1.77. The van der Waals surface area contributed by atoms with E-state index in [4.69, 9.17) is 0 Å². The van der Waals surface area contributed by atoms with E-state index in [9.17, 15) is 4.79 Å². The van der Waals surface area contributed by atoms with Gasteiger partial charge in [-0.15, -0.1) is 11.3 Å². The number of hydrogen-bond acceptors (Lipinski definition) is 4. The predicted molar refractivity (Wildman–Crippen MR) is 98.3 cm³/mol. The molecule has 2 aromatic heterocycles. The molecule has 0 aliphatic carbocycles. The van der Waals surface area contributed by atoms with E-state index in [0.717, 1.165) is 17.5 Å². The van der Waals surface area contributed by atoms with Gasteiger partial charge in [-0.25, -0.2) is 14.5 Å². The van der Waals surface area contributed by atoms with Gasteiger partial charge in [-0.3, -0.25) is 0 Å². The fourth-order valence-electron chi connectivity index (χ4n) is 2.52. The number of hydrogen-bond donors (Lipinski definition) is 2. The average molecular weight is 355 g/mol. The van der Waals surface area contributed by atoms with E-state index in [1.54, 1.807) is 22.3 Å². The van der Waals surface area contributed by atoms with Crippen molar-refractivity contribution in [3.63, 3.8) is 0 Å². The zero-order valence-electron chi connectivity index (χ0n) is 14.1. The molecule has 2 amide bonds. The van der Waals surface area contributed by atoms with Gasteiger partial charge in [0.2, 0.25) is 0 Å². The summed E-state index contributed by atoms with van der Waals surface area (Å²) in [4.78, 5) is 17.2. The van der Waals surface area contributed by atoms with Crippen molar-refractivity contribution in [1.29, 1.82) is 0 Å². The minimum absolute atomic E-state index is 0.0602. The Morgan fingerprint density at radius 3 is 2.68 bits per heavy atom. The molecule has 0 bridgehead atoms. The molecular formula is C18H21N5OS. The minimum Gasteiger partial charge on any atom is -0.334 e. The van der Waals surface area contributed by atoms with Gasteiger partial charge in [-0.1, -0.05) is 37.3 Å². The first kappa shape index (κ1) is 17.2. The van der Waals surface area contributed by atoms with E-state index in [1.807, 2.05) is 41.8 Å². The molecule has 0 aliphatic rings. The highest BCUT2D eigenvalue weighted by Gasteiger charge is 2.13. The third-order valence-electron chi connectivity index (χ3n) is 3.89. The van der Waals surface area contributed by atoms with Crippen LogP contribution in [0.3, 0.4) is 0 Å². The molecule has 1 atom stereocenters. The van der Waals surface area contributed by atoms with Gasteiger partial charge in [0.05, 0.1) is 12.6 Å². The quantitative estimate of drug-likeness (QED) is 0.683. The van der Waals surface area contributed by atoms with Crippen LogP contribution < -0.4 is 10.6 Å². The number of aromatic nitrogens is 3. The molecular weight excluding hydrogens is 334 g/mol. The highest BCUT2D eigenvalue weighted by atomic mass is 32.1. The summed E-state index contributed by atoms with van der Waals surface area (Å²) in [5.74, 6) is 0. The van der Waals surface area contributed by atoms with E-state index in [-0.39, 0.29) is 12.1 Å². The lowest BCUT2D eigenvalue weighted by Gasteiger charge is -2.16. The van der Waals surface area contributed by atoms with Crippen molar-refractivity contribution in [2.24, 2.45) is 0 Å². The van der Waals surface area contributed by atoms with Crippen molar-refractivity contribution in [1.82, 2.24) is 25.4 Å². The average Bonchev–Trinajstić information content (AvgIpc) is 3.33. The summed E-state index contributed by atoms with van der Waals surface area (Å²) in [5.41, 5.74) is 2.20. The van der Waals surface area contributed by atoms with Crippen LogP contribution >= 0.6 is 11.3 Å².